The van der Waals surface area contributed by atoms with E-state index in [9.17, 15) is 10.1 Å². The van der Waals surface area contributed by atoms with Crippen LogP contribution in [-0.4, -0.2) is 4.92 Å². The van der Waals surface area contributed by atoms with Gasteiger partial charge in [-0.25, -0.2) is 0 Å². The van der Waals surface area contributed by atoms with E-state index in [0.717, 1.165) is 0 Å². The molecule has 19 heavy (non-hydrogen) atoms. The molecule has 0 radical (unpaired) electrons. The van der Waals surface area contributed by atoms with E-state index in [4.69, 9.17) is 15.7 Å². The third-order valence-corrected chi connectivity index (χ3v) is 2.41. The quantitative estimate of drug-likeness (QED) is 0.516. The van der Waals surface area contributed by atoms with Crippen molar-refractivity contribution < 1.29 is 9.66 Å². The van der Waals surface area contributed by atoms with Crippen molar-refractivity contribution in [1.29, 1.82) is 5.26 Å². The van der Waals surface area contributed by atoms with Gasteiger partial charge >= 0.3 is 0 Å². The Kier molecular flexibility index (Phi) is 3.30. The largest absolute Gasteiger partial charge is 0.457 e. The summed E-state index contributed by atoms with van der Waals surface area (Å²) in [5.41, 5.74) is 5.96. The highest BCUT2D eigenvalue weighted by atomic mass is 16.6. The van der Waals surface area contributed by atoms with E-state index in [-0.39, 0.29) is 11.4 Å². The fourth-order valence-electron chi connectivity index (χ4n) is 1.50. The van der Waals surface area contributed by atoms with E-state index in [1.165, 1.54) is 18.2 Å². The van der Waals surface area contributed by atoms with E-state index >= 15 is 0 Å². The van der Waals surface area contributed by atoms with Crippen molar-refractivity contribution in [2.24, 2.45) is 0 Å². The third kappa shape index (κ3) is 2.79. The minimum atomic E-state index is -0.555. The second kappa shape index (κ2) is 5.06. The van der Waals surface area contributed by atoms with Gasteiger partial charge in [-0.05, 0) is 30.3 Å². The summed E-state index contributed by atoms with van der Waals surface area (Å²) in [4.78, 5) is 10.1. The van der Waals surface area contributed by atoms with Crippen LogP contribution in [0, 0.1) is 21.4 Å². The van der Waals surface area contributed by atoms with Gasteiger partial charge in [0.25, 0.3) is 5.69 Å². The molecule has 0 aliphatic rings. The number of ether oxygens (including phenoxy) is 1. The van der Waals surface area contributed by atoms with Crippen LogP contribution in [0.25, 0.3) is 0 Å². The first-order valence-electron chi connectivity index (χ1n) is 5.32. The van der Waals surface area contributed by atoms with E-state index < -0.39 is 4.92 Å². The predicted octanol–water partition coefficient (Wildman–Crippen LogP) is 2.84. The summed E-state index contributed by atoms with van der Waals surface area (Å²) in [6, 6.07) is 12.6. The number of benzene rings is 2. The Morgan fingerprint density at radius 2 is 1.79 bits per heavy atom. The molecule has 2 aromatic rings. The number of rotatable bonds is 3. The first-order valence-corrected chi connectivity index (χ1v) is 5.32. The van der Waals surface area contributed by atoms with E-state index in [0.29, 0.717) is 17.1 Å². The summed E-state index contributed by atoms with van der Waals surface area (Å²) >= 11 is 0. The number of nitriles is 1. The second-order valence-corrected chi connectivity index (χ2v) is 3.72. The highest BCUT2D eigenvalue weighted by molar-refractivity contribution is 5.61. The van der Waals surface area contributed by atoms with Crippen molar-refractivity contribution in [3.8, 4) is 17.6 Å². The number of nitrogens with two attached hydrogens (primary N) is 1. The van der Waals surface area contributed by atoms with Gasteiger partial charge in [-0.15, -0.1) is 0 Å². The van der Waals surface area contributed by atoms with Gasteiger partial charge in [0.1, 0.15) is 17.2 Å². The number of nitrogen functional groups attached to an aromatic ring is 1. The maximum Gasteiger partial charge on any atom is 0.292 e. The van der Waals surface area contributed by atoms with Gasteiger partial charge in [0.2, 0.25) is 0 Å². The van der Waals surface area contributed by atoms with Gasteiger partial charge in [-0.1, -0.05) is 0 Å². The maximum atomic E-state index is 10.6. The zero-order valence-corrected chi connectivity index (χ0v) is 9.74. The molecule has 2 rings (SSSR count). The summed E-state index contributed by atoms with van der Waals surface area (Å²) in [6.45, 7) is 0. The van der Waals surface area contributed by atoms with Crippen LogP contribution in [0.3, 0.4) is 0 Å². The Balaban J connectivity index is 2.21. The van der Waals surface area contributed by atoms with Crippen molar-refractivity contribution in [2.45, 2.75) is 0 Å². The summed E-state index contributed by atoms with van der Waals surface area (Å²) in [5, 5.41) is 19.3. The van der Waals surface area contributed by atoms with Gasteiger partial charge in [-0.3, -0.25) is 10.1 Å². The maximum absolute atomic E-state index is 10.6. The summed E-state index contributed by atoms with van der Waals surface area (Å²) in [7, 11) is 0. The monoisotopic (exact) mass is 255 g/mol. The summed E-state index contributed by atoms with van der Waals surface area (Å²) in [6.07, 6.45) is 0. The molecule has 0 aliphatic carbocycles. The molecule has 94 valence electrons. The molecule has 0 heterocycles. The van der Waals surface area contributed by atoms with Crippen molar-refractivity contribution in [1.82, 2.24) is 0 Å². The molecule has 0 aliphatic heterocycles. The van der Waals surface area contributed by atoms with Crippen LogP contribution >= 0.6 is 0 Å². The Morgan fingerprint density at radius 3 is 2.32 bits per heavy atom. The molecule has 0 aromatic heterocycles. The minimum absolute atomic E-state index is 0.0381. The van der Waals surface area contributed by atoms with Crippen LogP contribution in [0.15, 0.2) is 42.5 Å². The van der Waals surface area contributed by atoms with Crippen LogP contribution in [0.5, 0.6) is 11.5 Å². The molecule has 0 unspecified atom stereocenters. The van der Waals surface area contributed by atoms with Gasteiger partial charge in [-0.2, -0.15) is 5.26 Å². The van der Waals surface area contributed by atoms with Crippen LogP contribution in [0.1, 0.15) is 5.56 Å². The minimum Gasteiger partial charge on any atom is -0.457 e. The average molecular weight is 255 g/mol. The lowest BCUT2D eigenvalue weighted by molar-refractivity contribution is -0.383. The number of nitro groups is 1. The number of anilines is 1. The number of hydrogen-bond donors (Lipinski definition) is 1. The van der Waals surface area contributed by atoms with Crippen LogP contribution in [0.2, 0.25) is 0 Å². The fraction of sp³-hybridized carbons (Fsp3) is 0. The lowest BCUT2D eigenvalue weighted by atomic mass is 10.2. The molecule has 2 aromatic carbocycles. The molecular weight excluding hydrogens is 246 g/mol. The van der Waals surface area contributed by atoms with E-state index in [1.807, 2.05) is 6.07 Å². The van der Waals surface area contributed by atoms with Crippen molar-refractivity contribution in [2.75, 3.05) is 5.73 Å². The molecule has 2 N–H and O–H groups in total. The molecule has 0 atom stereocenters. The Labute approximate surface area is 108 Å². The van der Waals surface area contributed by atoms with E-state index in [2.05, 4.69) is 0 Å². The van der Waals surface area contributed by atoms with Crippen LogP contribution in [-0.2, 0) is 0 Å². The van der Waals surface area contributed by atoms with Gasteiger partial charge in [0, 0.05) is 12.1 Å². The Hall–Kier alpha value is -3.07. The number of nitro benzene ring substituents is 1. The average Bonchev–Trinajstić information content (AvgIpc) is 2.39. The molecule has 6 nitrogen and oxygen atoms in total. The first kappa shape index (κ1) is 12.4. The predicted molar refractivity (Wildman–Crippen MR) is 68.7 cm³/mol. The van der Waals surface area contributed by atoms with Gasteiger partial charge in [0.05, 0.1) is 16.6 Å². The lowest BCUT2D eigenvalue weighted by Gasteiger charge is -2.06. The highest BCUT2D eigenvalue weighted by Crippen LogP contribution is 2.29. The molecule has 6 heteroatoms. The zero-order valence-electron chi connectivity index (χ0n) is 9.74. The molecule has 0 fully saturated rings. The fourth-order valence-corrected chi connectivity index (χ4v) is 1.50. The molecule has 0 bridgehead atoms. The lowest BCUT2D eigenvalue weighted by Crippen LogP contribution is -1.96. The smallest absolute Gasteiger partial charge is 0.292 e. The molecule has 0 saturated carbocycles. The third-order valence-electron chi connectivity index (χ3n) is 2.41. The van der Waals surface area contributed by atoms with E-state index in [1.54, 1.807) is 24.3 Å². The summed E-state index contributed by atoms with van der Waals surface area (Å²) < 4.78 is 5.48. The Bertz CT molecular complexity index is 660. The second-order valence-electron chi connectivity index (χ2n) is 3.72. The molecule has 0 amide bonds. The number of hydrogen-bond acceptors (Lipinski definition) is 5. The molecule has 0 saturated heterocycles. The number of nitrogens with zero attached hydrogens (tertiary/aromatic N) is 2. The highest BCUT2D eigenvalue weighted by Gasteiger charge is 2.11. The normalized spacial score (nSPS) is 9.63. The van der Waals surface area contributed by atoms with Crippen molar-refractivity contribution in [3.63, 3.8) is 0 Å². The van der Waals surface area contributed by atoms with Crippen LogP contribution in [0.4, 0.5) is 11.4 Å². The zero-order chi connectivity index (χ0) is 13.8. The summed E-state index contributed by atoms with van der Waals surface area (Å²) in [5.74, 6) is 0.917. The van der Waals surface area contributed by atoms with Gasteiger partial charge < -0.3 is 10.5 Å². The van der Waals surface area contributed by atoms with Crippen molar-refractivity contribution in [3.05, 3.63) is 58.1 Å². The van der Waals surface area contributed by atoms with Crippen molar-refractivity contribution >= 4 is 11.4 Å². The van der Waals surface area contributed by atoms with Crippen LogP contribution < -0.4 is 10.5 Å². The standard InChI is InChI=1S/C13H9N3O3/c14-8-9-1-3-10(4-2-9)19-11-5-6-13(16(17)18)12(15)7-11/h1-7H,15H2. The molecule has 0 spiro atoms. The SMILES string of the molecule is N#Cc1ccc(Oc2ccc([N+](=O)[O-])c(N)c2)cc1. The topological polar surface area (TPSA) is 102 Å². The first-order chi connectivity index (χ1) is 9.10. The van der Waals surface area contributed by atoms with Gasteiger partial charge in [0.15, 0.2) is 0 Å². The molecular formula is C13H9N3O3. The Morgan fingerprint density at radius 1 is 1.16 bits per heavy atom.